The van der Waals surface area contributed by atoms with Gasteiger partial charge in [0, 0.05) is 35.0 Å². The molecule has 0 bridgehead atoms. The van der Waals surface area contributed by atoms with Gasteiger partial charge in [-0.05, 0) is 35.9 Å². The van der Waals surface area contributed by atoms with E-state index in [2.05, 4.69) is 9.97 Å². The third kappa shape index (κ3) is 2.58. The predicted molar refractivity (Wildman–Crippen MR) is 79.5 cm³/mol. The number of rotatable bonds is 3. The van der Waals surface area contributed by atoms with E-state index in [9.17, 15) is 13.6 Å². The molecule has 0 unspecified atom stereocenters. The van der Waals surface area contributed by atoms with Gasteiger partial charge in [-0.2, -0.15) is 0 Å². The monoisotopic (exact) mass is 299 g/mol. The summed E-state index contributed by atoms with van der Waals surface area (Å²) in [6.07, 6.45) is 4.76. The number of carbonyl (C=O) groups is 1. The molecule has 3 aromatic rings. The number of carbonyl (C=O) groups excluding carboxylic acids is 1. The molecule has 1 aromatic carbocycles. The molecule has 0 aliphatic rings. The van der Waals surface area contributed by atoms with Gasteiger partial charge in [-0.15, -0.1) is 0 Å². The Bertz CT molecular complexity index is 879. The maximum atomic E-state index is 13.3. The molecule has 0 saturated carbocycles. The molecule has 0 fully saturated rings. The van der Waals surface area contributed by atoms with Crippen LogP contribution in [0, 0.1) is 11.6 Å². The zero-order valence-corrected chi connectivity index (χ0v) is 11.3. The van der Waals surface area contributed by atoms with Crippen LogP contribution in [-0.2, 0) is 4.79 Å². The molecule has 3 N–H and O–H groups in total. The normalized spacial score (nSPS) is 11.8. The van der Waals surface area contributed by atoms with Crippen LogP contribution in [-0.4, -0.2) is 15.9 Å². The number of hydrogen-bond donors (Lipinski definition) is 2. The van der Waals surface area contributed by atoms with Crippen LogP contribution in [0.3, 0.4) is 0 Å². The van der Waals surface area contributed by atoms with Gasteiger partial charge in [-0.25, -0.2) is 13.8 Å². The van der Waals surface area contributed by atoms with Crippen LogP contribution in [0.25, 0.3) is 22.7 Å². The number of primary amides is 1. The second-order valence-electron chi connectivity index (χ2n) is 4.72. The summed E-state index contributed by atoms with van der Waals surface area (Å²) in [5.74, 6) is -2.33. The Morgan fingerprint density at radius 2 is 1.95 bits per heavy atom. The van der Waals surface area contributed by atoms with Crippen LogP contribution in [0.2, 0.25) is 0 Å². The zero-order valence-electron chi connectivity index (χ0n) is 11.3. The molecule has 0 atom stereocenters. The highest BCUT2D eigenvalue weighted by atomic mass is 19.1. The van der Waals surface area contributed by atoms with E-state index in [1.807, 2.05) is 6.07 Å². The van der Waals surface area contributed by atoms with Crippen molar-refractivity contribution in [3.8, 4) is 0 Å². The van der Waals surface area contributed by atoms with Gasteiger partial charge < -0.3 is 10.7 Å². The minimum Gasteiger partial charge on any atom is -0.366 e. The van der Waals surface area contributed by atoms with Crippen molar-refractivity contribution >= 4 is 28.6 Å². The Labute approximate surface area is 124 Å². The van der Waals surface area contributed by atoms with Crippen molar-refractivity contribution in [2.24, 2.45) is 5.73 Å². The number of benzene rings is 1. The number of nitrogens with one attached hydrogen (secondary N) is 1. The highest BCUT2D eigenvalue weighted by Gasteiger charge is 2.13. The number of H-pyrrole nitrogens is 1. The second-order valence-corrected chi connectivity index (χ2v) is 4.72. The first-order valence-electron chi connectivity index (χ1n) is 6.44. The minimum absolute atomic E-state index is 0.0168. The van der Waals surface area contributed by atoms with Gasteiger partial charge in [0.05, 0.1) is 0 Å². The van der Waals surface area contributed by atoms with Crippen LogP contribution in [0.1, 0.15) is 11.1 Å². The molecule has 0 aliphatic carbocycles. The number of nitrogens with zero attached hydrogens (tertiary/aromatic N) is 1. The Kier molecular flexibility index (Phi) is 3.42. The highest BCUT2D eigenvalue weighted by Crippen LogP contribution is 2.24. The standard InChI is InChI=1S/C16H11F2N3O/c17-11-4-9(5-12(18)7-11)14(15(19)22)6-10-8-21-16-13(10)2-1-3-20-16/h1-8H,(H2,19,22)(H,20,21). The maximum absolute atomic E-state index is 13.3. The van der Waals surface area contributed by atoms with Gasteiger partial charge in [-0.3, -0.25) is 4.79 Å². The largest absolute Gasteiger partial charge is 0.366 e. The molecule has 6 heteroatoms. The number of hydrogen-bond acceptors (Lipinski definition) is 2. The quantitative estimate of drug-likeness (QED) is 0.730. The van der Waals surface area contributed by atoms with Crippen molar-refractivity contribution in [3.63, 3.8) is 0 Å². The molecular weight excluding hydrogens is 288 g/mol. The second kappa shape index (κ2) is 5.40. The number of amides is 1. The molecule has 1 amide bonds. The first-order valence-corrected chi connectivity index (χ1v) is 6.44. The minimum atomic E-state index is -0.775. The average Bonchev–Trinajstić information content (AvgIpc) is 2.86. The molecule has 0 aliphatic heterocycles. The van der Waals surface area contributed by atoms with Crippen molar-refractivity contribution in [3.05, 3.63) is 65.5 Å². The van der Waals surface area contributed by atoms with Gasteiger partial charge in [0.25, 0.3) is 0 Å². The molecule has 2 heterocycles. The lowest BCUT2D eigenvalue weighted by molar-refractivity contribution is -0.112. The fourth-order valence-corrected chi connectivity index (χ4v) is 2.26. The number of aromatic amines is 1. The lowest BCUT2D eigenvalue weighted by atomic mass is 10.0. The molecule has 0 radical (unpaired) electrons. The van der Waals surface area contributed by atoms with E-state index >= 15 is 0 Å². The number of aromatic nitrogens is 2. The van der Waals surface area contributed by atoms with Crippen LogP contribution in [0.4, 0.5) is 8.78 Å². The van der Waals surface area contributed by atoms with E-state index in [0.717, 1.165) is 23.6 Å². The van der Waals surface area contributed by atoms with E-state index < -0.39 is 17.5 Å². The molecular formula is C16H11F2N3O. The highest BCUT2D eigenvalue weighted by molar-refractivity contribution is 6.24. The zero-order chi connectivity index (χ0) is 15.7. The molecule has 22 heavy (non-hydrogen) atoms. The predicted octanol–water partition coefficient (Wildman–Crippen LogP) is 2.87. The van der Waals surface area contributed by atoms with Crippen LogP contribution >= 0.6 is 0 Å². The number of halogens is 2. The number of nitrogens with two attached hydrogens (primary N) is 1. The smallest absolute Gasteiger partial charge is 0.249 e. The Morgan fingerprint density at radius 1 is 1.23 bits per heavy atom. The van der Waals surface area contributed by atoms with Crippen molar-refractivity contribution in [2.45, 2.75) is 0 Å². The van der Waals surface area contributed by atoms with Crippen molar-refractivity contribution < 1.29 is 13.6 Å². The Balaban J connectivity index is 2.17. The van der Waals surface area contributed by atoms with Crippen LogP contribution in [0.5, 0.6) is 0 Å². The van der Waals surface area contributed by atoms with Gasteiger partial charge >= 0.3 is 0 Å². The summed E-state index contributed by atoms with van der Waals surface area (Å²) in [5, 5.41) is 0.776. The Hall–Kier alpha value is -3.02. The lowest BCUT2D eigenvalue weighted by Crippen LogP contribution is -2.13. The van der Waals surface area contributed by atoms with Crippen LogP contribution < -0.4 is 5.73 Å². The molecule has 0 spiro atoms. The van der Waals surface area contributed by atoms with Gasteiger partial charge in [-0.1, -0.05) is 0 Å². The van der Waals surface area contributed by atoms with Gasteiger partial charge in [0.15, 0.2) is 0 Å². The SMILES string of the molecule is NC(=O)C(=Cc1c[nH]c2ncccc12)c1cc(F)cc(F)c1. The maximum Gasteiger partial charge on any atom is 0.249 e. The van der Waals surface area contributed by atoms with E-state index in [-0.39, 0.29) is 11.1 Å². The average molecular weight is 299 g/mol. The Morgan fingerprint density at radius 3 is 2.64 bits per heavy atom. The molecule has 110 valence electrons. The van der Waals surface area contributed by atoms with Crippen molar-refractivity contribution in [1.29, 1.82) is 0 Å². The van der Waals surface area contributed by atoms with Gasteiger partial charge in [0.1, 0.15) is 17.3 Å². The summed E-state index contributed by atoms with van der Waals surface area (Å²) in [6, 6.07) is 6.42. The molecule has 3 rings (SSSR count). The molecule has 2 aromatic heterocycles. The fraction of sp³-hybridized carbons (Fsp3) is 0. The van der Waals surface area contributed by atoms with Crippen molar-refractivity contribution in [1.82, 2.24) is 9.97 Å². The van der Waals surface area contributed by atoms with Gasteiger partial charge in [0.2, 0.25) is 5.91 Å². The lowest BCUT2D eigenvalue weighted by Gasteiger charge is -2.04. The van der Waals surface area contributed by atoms with E-state index in [0.29, 0.717) is 11.2 Å². The third-order valence-electron chi connectivity index (χ3n) is 3.22. The summed E-state index contributed by atoms with van der Waals surface area (Å²) in [6.45, 7) is 0. The number of fused-ring (bicyclic) bond motifs is 1. The fourth-order valence-electron chi connectivity index (χ4n) is 2.26. The topological polar surface area (TPSA) is 71.8 Å². The van der Waals surface area contributed by atoms with E-state index in [1.165, 1.54) is 6.08 Å². The number of pyridine rings is 1. The van der Waals surface area contributed by atoms with E-state index in [4.69, 9.17) is 5.73 Å². The summed E-state index contributed by atoms with van der Waals surface area (Å²) in [4.78, 5) is 18.8. The summed E-state index contributed by atoms with van der Waals surface area (Å²) in [7, 11) is 0. The summed E-state index contributed by atoms with van der Waals surface area (Å²) in [5.41, 5.74) is 6.75. The summed E-state index contributed by atoms with van der Waals surface area (Å²) < 4.78 is 26.7. The van der Waals surface area contributed by atoms with Crippen molar-refractivity contribution in [2.75, 3.05) is 0 Å². The van der Waals surface area contributed by atoms with E-state index in [1.54, 1.807) is 18.5 Å². The molecule has 4 nitrogen and oxygen atoms in total. The third-order valence-corrected chi connectivity index (χ3v) is 3.22. The summed E-state index contributed by atoms with van der Waals surface area (Å²) >= 11 is 0. The van der Waals surface area contributed by atoms with Crippen LogP contribution in [0.15, 0.2) is 42.7 Å². The molecule has 0 saturated heterocycles. The first-order chi connectivity index (χ1) is 10.5. The first kappa shape index (κ1) is 13.9.